The van der Waals surface area contributed by atoms with Gasteiger partial charge >= 0.3 is 0 Å². The maximum absolute atomic E-state index is 11.9. The number of hydrogen-bond donors (Lipinski definition) is 1. The summed E-state index contributed by atoms with van der Waals surface area (Å²) >= 11 is 1.89. The summed E-state index contributed by atoms with van der Waals surface area (Å²) in [7, 11) is 1.55. The molecule has 0 bridgehead atoms. The lowest BCUT2D eigenvalue weighted by Gasteiger charge is -2.49. The fourth-order valence-electron chi connectivity index (χ4n) is 3.93. The summed E-state index contributed by atoms with van der Waals surface area (Å²) in [6, 6.07) is 4.55. The smallest absolute Gasteiger partial charge is 0.246 e. The normalized spacial score (nSPS) is 24.2. The average Bonchev–Trinajstić information content (AvgIpc) is 2.97. The molecule has 2 aliphatic rings. The molecule has 0 aliphatic carbocycles. The molecule has 0 unspecified atom stereocenters. The van der Waals surface area contributed by atoms with Gasteiger partial charge in [-0.05, 0) is 56.8 Å². The van der Waals surface area contributed by atoms with E-state index in [0.29, 0.717) is 6.61 Å². The zero-order chi connectivity index (χ0) is 17.0. The van der Waals surface area contributed by atoms with Crippen molar-refractivity contribution in [3.05, 3.63) is 21.9 Å². The maximum atomic E-state index is 11.9. The molecule has 6 heteroatoms. The van der Waals surface area contributed by atoms with Gasteiger partial charge in [-0.25, -0.2) is 0 Å². The lowest BCUT2D eigenvalue weighted by Crippen LogP contribution is -2.57. The zero-order valence-electron chi connectivity index (χ0n) is 14.7. The van der Waals surface area contributed by atoms with Crippen LogP contribution in [-0.4, -0.2) is 56.9 Å². The number of piperidine rings is 1. The van der Waals surface area contributed by atoms with Gasteiger partial charge in [0.2, 0.25) is 5.91 Å². The summed E-state index contributed by atoms with van der Waals surface area (Å²) in [5, 5.41) is 3.14. The van der Waals surface area contributed by atoms with Crippen LogP contribution in [0.4, 0.5) is 0 Å². The molecule has 0 radical (unpaired) electrons. The maximum Gasteiger partial charge on any atom is 0.246 e. The van der Waals surface area contributed by atoms with Gasteiger partial charge in [-0.3, -0.25) is 9.69 Å². The van der Waals surface area contributed by atoms with E-state index in [2.05, 4.69) is 29.3 Å². The van der Waals surface area contributed by atoms with Crippen molar-refractivity contribution in [3.63, 3.8) is 0 Å². The molecule has 0 aromatic carbocycles. The molecule has 2 aliphatic heterocycles. The molecule has 5 nitrogen and oxygen atoms in total. The lowest BCUT2D eigenvalue weighted by atomic mass is 9.69. The molecule has 134 valence electrons. The molecule has 2 fully saturated rings. The van der Waals surface area contributed by atoms with E-state index in [4.69, 9.17) is 9.47 Å². The van der Waals surface area contributed by atoms with Crippen LogP contribution in [0.3, 0.4) is 0 Å². The Bertz CT molecular complexity index is 552. The third-order valence-corrected chi connectivity index (χ3v) is 6.39. The lowest BCUT2D eigenvalue weighted by molar-refractivity contribution is -0.130. The Hall–Kier alpha value is -0.950. The highest BCUT2D eigenvalue weighted by molar-refractivity contribution is 7.11. The average molecular weight is 353 g/mol. The molecule has 1 spiro atoms. The van der Waals surface area contributed by atoms with Crippen molar-refractivity contribution in [1.29, 1.82) is 0 Å². The fourth-order valence-corrected chi connectivity index (χ4v) is 4.87. The number of likely N-dealkylation sites (tertiary alicyclic amines) is 1. The Balaban J connectivity index is 1.58. The molecule has 2 saturated heterocycles. The first-order valence-corrected chi connectivity index (χ1v) is 9.57. The number of hydrogen-bond acceptors (Lipinski definition) is 5. The molecule has 1 N–H and O–H groups in total. The van der Waals surface area contributed by atoms with Crippen LogP contribution >= 0.6 is 11.3 Å². The van der Waals surface area contributed by atoms with E-state index in [0.717, 1.165) is 45.5 Å². The second kappa shape index (κ2) is 7.95. The second-order valence-corrected chi connectivity index (χ2v) is 8.40. The van der Waals surface area contributed by atoms with Crippen molar-refractivity contribution in [3.8, 4) is 0 Å². The molecular weight excluding hydrogens is 324 g/mol. The van der Waals surface area contributed by atoms with Gasteiger partial charge in [0.1, 0.15) is 6.61 Å². The number of methoxy groups -OCH3 is 1. The van der Waals surface area contributed by atoms with Crippen molar-refractivity contribution in [2.45, 2.75) is 38.8 Å². The van der Waals surface area contributed by atoms with Gasteiger partial charge in [0, 0.05) is 30.0 Å². The molecular formula is C18H28N2O3S. The fraction of sp³-hybridized carbons (Fsp3) is 0.722. The van der Waals surface area contributed by atoms with Crippen LogP contribution in [0.15, 0.2) is 12.1 Å². The highest BCUT2D eigenvalue weighted by atomic mass is 32.1. The number of thiophene rings is 1. The topological polar surface area (TPSA) is 50.8 Å². The van der Waals surface area contributed by atoms with Crippen LogP contribution in [0.5, 0.6) is 0 Å². The monoisotopic (exact) mass is 352 g/mol. The van der Waals surface area contributed by atoms with E-state index in [1.165, 1.54) is 9.75 Å². The number of carbonyl (C=O) groups excluding carboxylic acids is 1. The van der Waals surface area contributed by atoms with Gasteiger partial charge in [-0.15, -0.1) is 11.3 Å². The first-order chi connectivity index (χ1) is 11.6. The number of ether oxygens (including phenoxy) is 2. The molecule has 3 rings (SSSR count). The highest BCUT2D eigenvalue weighted by Gasteiger charge is 2.44. The highest BCUT2D eigenvalue weighted by Crippen LogP contribution is 2.41. The van der Waals surface area contributed by atoms with Gasteiger partial charge < -0.3 is 14.8 Å². The van der Waals surface area contributed by atoms with Gasteiger partial charge in [-0.2, -0.15) is 0 Å². The van der Waals surface area contributed by atoms with Crippen LogP contribution in [0.2, 0.25) is 0 Å². The number of carbonyl (C=O) groups is 1. The Morgan fingerprint density at radius 3 is 2.88 bits per heavy atom. The Morgan fingerprint density at radius 2 is 2.21 bits per heavy atom. The van der Waals surface area contributed by atoms with Gasteiger partial charge in [0.05, 0.1) is 12.6 Å². The van der Waals surface area contributed by atoms with Crippen molar-refractivity contribution in [2.24, 2.45) is 5.41 Å². The van der Waals surface area contributed by atoms with Crippen LogP contribution in [0.1, 0.15) is 29.0 Å². The number of nitrogens with one attached hydrogen (secondary N) is 1. The van der Waals surface area contributed by atoms with E-state index in [1.807, 2.05) is 11.3 Å². The van der Waals surface area contributed by atoms with Crippen LogP contribution in [0.25, 0.3) is 0 Å². The van der Waals surface area contributed by atoms with Crippen LogP contribution < -0.4 is 5.32 Å². The predicted octanol–water partition coefficient (Wildman–Crippen LogP) is 2.19. The van der Waals surface area contributed by atoms with E-state index in [-0.39, 0.29) is 24.0 Å². The first-order valence-electron chi connectivity index (χ1n) is 8.75. The largest absolute Gasteiger partial charge is 0.379 e. The van der Waals surface area contributed by atoms with Crippen molar-refractivity contribution in [2.75, 3.05) is 40.0 Å². The number of nitrogens with zero attached hydrogens (tertiary/aromatic N) is 1. The molecule has 0 saturated carbocycles. The third-order valence-electron chi connectivity index (χ3n) is 5.41. The minimum atomic E-state index is -0.0381. The molecule has 24 heavy (non-hydrogen) atoms. The quantitative estimate of drug-likeness (QED) is 0.883. The summed E-state index contributed by atoms with van der Waals surface area (Å²) < 4.78 is 10.6. The standard InChI is InChI=1S/C18H28N2O3S/c1-14-3-4-15(24-14)11-20-8-5-18(6-9-20)7-10-23-12-16(18)19-17(21)13-22-2/h3-4,16H,5-13H2,1-2H3,(H,19,21)/t16-/m0/s1. The second-order valence-electron chi connectivity index (χ2n) is 7.03. The van der Waals surface area contributed by atoms with Gasteiger partial charge in [0.25, 0.3) is 0 Å². The summed E-state index contributed by atoms with van der Waals surface area (Å²) in [4.78, 5) is 17.3. The molecule has 1 aromatic heterocycles. The SMILES string of the molecule is COCC(=O)N[C@H]1COCCC12CCN(Cc1ccc(C)s1)CC2. The molecule has 1 aromatic rings. The number of amides is 1. The van der Waals surface area contributed by atoms with E-state index >= 15 is 0 Å². The third kappa shape index (κ3) is 4.17. The van der Waals surface area contributed by atoms with Crippen LogP contribution in [-0.2, 0) is 20.8 Å². The molecule has 3 heterocycles. The molecule has 1 atom stereocenters. The minimum absolute atomic E-state index is 0.0381. The van der Waals surface area contributed by atoms with Crippen molar-refractivity contribution >= 4 is 17.2 Å². The van der Waals surface area contributed by atoms with Gasteiger partial charge in [-0.1, -0.05) is 0 Å². The number of aryl methyl sites for hydroxylation is 1. The minimum Gasteiger partial charge on any atom is -0.379 e. The zero-order valence-corrected chi connectivity index (χ0v) is 15.5. The van der Waals surface area contributed by atoms with Crippen molar-refractivity contribution in [1.82, 2.24) is 10.2 Å². The van der Waals surface area contributed by atoms with Crippen LogP contribution in [0, 0.1) is 12.3 Å². The van der Waals surface area contributed by atoms with E-state index < -0.39 is 0 Å². The Labute approximate surface area is 148 Å². The summed E-state index contributed by atoms with van der Waals surface area (Å²) in [5.41, 5.74) is 0.184. The number of rotatable bonds is 5. The Morgan fingerprint density at radius 1 is 1.42 bits per heavy atom. The van der Waals surface area contributed by atoms with E-state index in [1.54, 1.807) is 7.11 Å². The summed E-state index contributed by atoms with van der Waals surface area (Å²) in [6.07, 6.45) is 3.29. The van der Waals surface area contributed by atoms with Crippen molar-refractivity contribution < 1.29 is 14.3 Å². The first kappa shape index (κ1) is 17.9. The van der Waals surface area contributed by atoms with Gasteiger partial charge in [0.15, 0.2) is 0 Å². The summed E-state index contributed by atoms with van der Waals surface area (Å²) in [6.45, 7) is 6.94. The Kier molecular flexibility index (Phi) is 5.92. The summed E-state index contributed by atoms with van der Waals surface area (Å²) in [5.74, 6) is -0.0381. The molecule has 1 amide bonds. The van der Waals surface area contributed by atoms with E-state index in [9.17, 15) is 4.79 Å². The predicted molar refractivity (Wildman–Crippen MR) is 95.2 cm³/mol.